The number of halogens is 1. The summed E-state index contributed by atoms with van der Waals surface area (Å²) in [5.74, 6) is 1.05. The summed E-state index contributed by atoms with van der Waals surface area (Å²) in [6, 6.07) is 7.65. The van der Waals surface area contributed by atoms with Crippen LogP contribution in [0.25, 0.3) is 0 Å². The van der Waals surface area contributed by atoms with Crippen LogP contribution in [0.15, 0.2) is 24.3 Å². The SMILES string of the molecule is CC1NC(c2ccc(Cl)cc2)N(CCC2CC2)C1=O. The Kier molecular flexibility index (Phi) is 3.50. The first kappa shape index (κ1) is 12.9. The Labute approximate surface area is 118 Å². The lowest BCUT2D eigenvalue weighted by atomic mass is 10.1. The molecule has 3 nitrogen and oxygen atoms in total. The number of carbonyl (C=O) groups excluding carboxylic acids is 1. The molecule has 3 rings (SSSR count). The minimum atomic E-state index is -0.0973. The average Bonchev–Trinajstić information content (AvgIpc) is 3.18. The Morgan fingerprint density at radius 3 is 2.63 bits per heavy atom. The molecule has 102 valence electrons. The van der Waals surface area contributed by atoms with Gasteiger partial charge in [0.25, 0.3) is 0 Å². The number of rotatable bonds is 4. The molecule has 2 aliphatic rings. The molecule has 2 unspecified atom stereocenters. The van der Waals surface area contributed by atoms with E-state index in [1.54, 1.807) is 0 Å². The summed E-state index contributed by atoms with van der Waals surface area (Å²) in [5, 5.41) is 4.09. The van der Waals surface area contributed by atoms with E-state index in [2.05, 4.69) is 5.32 Å². The van der Waals surface area contributed by atoms with Crippen molar-refractivity contribution in [1.82, 2.24) is 10.2 Å². The number of benzene rings is 1. The van der Waals surface area contributed by atoms with Gasteiger partial charge < -0.3 is 4.90 Å². The van der Waals surface area contributed by atoms with Crippen molar-refractivity contribution in [3.05, 3.63) is 34.9 Å². The molecule has 1 saturated heterocycles. The fourth-order valence-electron chi connectivity index (χ4n) is 2.66. The van der Waals surface area contributed by atoms with E-state index in [9.17, 15) is 4.79 Å². The van der Waals surface area contributed by atoms with Gasteiger partial charge in [0, 0.05) is 11.6 Å². The second kappa shape index (κ2) is 5.14. The Balaban J connectivity index is 1.76. The van der Waals surface area contributed by atoms with Gasteiger partial charge in [-0.15, -0.1) is 0 Å². The number of hydrogen-bond acceptors (Lipinski definition) is 2. The molecule has 0 spiro atoms. The highest BCUT2D eigenvalue weighted by molar-refractivity contribution is 6.30. The van der Waals surface area contributed by atoms with Crippen LogP contribution < -0.4 is 5.32 Å². The van der Waals surface area contributed by atoms with Crippen LogP contribution >= 0.6 is 11.6 Å². The van der Waals surface area contributed by atoms with E-state index in [0.717, 1.165) is 29.5 Å². The molecule has 0 aromatic heterocycles. The van der Waals surface area contributed by atoms with Gasteiger partial charge in [-0.2, -0.15) is 0 Å². The van der Waals surface area contributed by atoms with Crippen molar-refractivity contribution in [3.8, 4) is 0 Å². The Morgan fingerprint density at radius 1 is 1.32 bits per heavy atom. The molecule has 1 aliphatic carbocycles. The smallest absolute Gasteiger partial charge is 0.241 e. The lowest BCUT2D eigenvalue weighted by Crippen LogP contribution is -2.31. The maximum atomic E-state index is 12.2. The van der Waals surface area contributed by atoms with Gasteiger partial charge in [-0.3, -0.25) is 10.1 Å². The standard InChI is InChI=1S/C15H19ClN2O/c1-10-15(19)18(9-8-11-2-3-11)14(17-10)12-4-6-13(16)7-5-12/h4-7,10-11,14,17H,2-3,8-9H2,1H3. The maximum absolute atomic E-state index is 12.2. The average molecular weight is 279 g/mol. The van der Waals surface area contributed by atoms with Crippen LogP contribution in [0.4, 0.5) is 0 Å². The van der Waals surface area contributed by atoms with E-state index in [4.69, 9.17) is 11.6 Å². The van der Waals surface area contributed by atoms with E-state index >= 15 is 0 Å². The van der Waals surface area contributed by atoms with Crippen molar-refractivity contribution in [3.63, 3.8) is 0 Å². The summed E-state index contributed by atoms with van der Waals surface area (Å²) in [7, 11) is 0. The molecule has 1 N–H and O–H groups in total. The molecule has 1 heterocycles. The zero-order chi connectivity index (χ0) is 13.4. The van der Waals surface area contributed by atoms with Crippen molar-refractivity contribution < 1.29 is 4.79 Å². The van der Waals surface area contributed by atoms with Crippen LogP contribution in [0.3, 0.4) is 0 Å². The first-order valence-corrected chi connectivity index (χ1v) is 7.35. The molecule has 19 heavy (non-hydrogen) atoms. The Hall–Kier alpha value is -1.06. The fraction of sp³-hybridized carbons (Fsp3) is 0.533. The van der Waals surface area contributed by atoms with Crippen molar-refractivity contribution >= 4 is 17.5 Å². The first-order valence-electron chi connectivity index (χ1n) is 6.97. The highest BCUT2D eigenvalue weighted by Gasteiger charge is 2.37. The molecule has 2 atom stereocenters. The quantitative estimate of drug-likeness (QED) is 0.918. The molecule has 1 saturated carbocycles. The van der Waals surface area contributed by atoms with Gasteiger partial charge >= 0.3 is 0 Å². The second-order valence-electron chi connectivity index (χ2n) is 5.61. The highest BCUT2D eigenvalue weighted by Crippen LogP contribution is 2.34. The van der Waals surface area contributed by atoms with E-state index in [1.807, 2.05) is 36.1 Å². The van der Waals surface area contributed by atoms with Crippen LogP contribution in [-0.4, -0.2) is 23.4 Å². The predicted octanol–water partition coefficient (Wildman–Crippen LogP) is 2.96. The molecule has 0 radical (unpaired) electrons. The van der Waals surface area contributed by atoms with E-state index in [1.165, 1.54) is 12.8 Å². The third-order valence-corrected chi connectivity index (χ3v) is 4.29. The predicted molar refractivity (Wildman–Crippen MR) is 75.8 cm³/mol. The molecular weight excluding hydrogens is 260 g/mol. The lowest BCUT2D eigenvalue weighted by Gasteiger charge is -2.24. The molecular formula is C15H19ClN2O. The van der Waals surface area contributed by atoms with Crippen LogP contribution in [0.5, 0.6) is 0 Å². The monoisotopic (exact) mass is 278 g/mol. The minimum absolute atomic E-state index is 0.00137. The topological polar surface area (TPSA) is 32.3 Å². The van der Waals surface area contributed by atoms with E-state index < -0.39 is 0 Å². The molecule has 1 amide bonds. The number of amides is 1. The fourth-order valence-corrected chi connectivity index (χ4v) is 2.79. The first-order chi connectivity index (χ1) is 9.15. The van der Waals surface area contributed by atoms with Crippen LogP contribution in [0.1, 0.15) is 37.9 Å². The number of nitrogens with one attached hydrogen (secondary N) is 1. The number of hydrogen-bond donors (Lipinski definition) is 1. The van der Waals surface area contributed by atoms with Crippen molar-refractivity contribution in [2.24, 2.45) is 5.92 Å². The van der Waals surface area contributed by atoms with Crippen molar-refractivity contribution in [2.75, 3.05) is 6.54 Å². The Morgan fingerprint density at radius 2 is 2.00 bits per heavy atom. The summed E-state index contributed by atoms with van der Waals surface area (Å²) in [5.41, 5.74) is 1.11. The summed E-state index contributed by atoms with van der Waals surface area (Å²) >= 11 is 5.92. The van der Waals surface area contributed by atoms with E-state index in [0.29, 0.717) is 0 Å². The molecule has 1 aromatic rings. The zero-order valence-electron chi connectivity index (χ0n) is 11.1. The van der Waals surface area contributed by atoms with E-state index in [-0.39, 0.29) is 18.1 Å². The molecule has 2 fully saturated rings. The summed E-state index contributed by atoms with van der Waals surface area (Å²) in [4.78, 5) is 14.2. The van der Waals surface area contributed by atoms with Gasteiger partial charge in [0.05, 0.1) is 6.04 Å². The van der Waals surface area contributed by atoms with Crippen LogP contribution in [0.2, 0.25) is 5.02 Å². The van der Waals surface area contributed by atoms with Gasteiger partial charge in [-0.25, -0.2) is 0 Å². The molecule has 4 heteroatoms. The van der Waals surface area contributed by atoms with Crippen LogP contribution in [-0.2, 0) is 4.79 Å². The summed E-state index contributed by atoms with van der Waals surface area (Å²) in [6.45, 7) is 2.79. The largest absolute Gasteiger partial charge is 0.322 e. The van der Waals surface area contributed by atoms with Gasteiger partial charge in [0.1, 0.15) is 6.17 Å². The van der Waals surface area contributed by atoms with Crippen molar-refractivity contribution in [1.29, 1.82) is 0 Å². The summed E-state index contributed by atoms with van der Waals surface area (Å²) in [6.07, 6.45) is 3.79. The highest BCUT2D eigenvalue weighted by atomic mass is 35.5. The van der Waals surface area contributed by atoms with Gasteiger partial charge in [-0.05, 0) is 37.0 Å². The molecule has 1 aromatic carbocycles. The molecule has 1 aliphatic heterocycles. The summed E-state index contributed by atoms with van der Waals surface area (Å²) < 4.78 is 0. The minimum Gasteiger partial charge on any atom is -0.322 e. The van der Waals surface area contributed by atoms with Gasteiger partial charge in [0.15, 0.2) is 0 Å². The maximum Gasteiger partial charge on any atom is 0.241 e. The lowest BCUT2D eigenvalue weighted by molar-refractivity contribution is -0.129. The number of carbonyl (C=O) groups is 1. The third kappa shape index (κ3) is 2.77. The second-order valence-corrected chi connectivity index (χ2v) is 6.04. The van der Waals surface area contributed by atoms with Crippen LogP contribution in [0, 0.1) is 5.92 Å². The Bertz CT molecular complexity index is 470. The normalized spacial score (nSPS) is 27.1. The number of nitrogens with zero attached hydrogens (tertiary/aromatic N) is 1. The van der Waals surface area contributed by atoms with Crippen molar-refractivity contribution in [2.45, 2.75) is 38.4 Å². The van der Waals surface area contributed by atoms with Gasteiger partial charge in [-0.1, -0.05) is 36.6 Å². The molecule has 0 bridgehead atoms. The zero-order valence-corrected chi connectivity index (χ0v) is 11.9. The van der Waals surface area contributed by atoms with Gasteiger partial charge in [0.2, 0.25) is 5.91 Å². The third-order valence-electron chi connectivity index (χ3n) is 4.03.